The summed E-state index contributed by atoms with van der Waals surface area (Å²) in [7, 11) is 4.71. The molecule has 5 nitrogen and oxygen atoms in total. The quantitative estimate of drug-likeness (QED) is 0.201. The fraction of sp³-hybridized carbons (Fsp3) is 0.441. The van der Waals surface area contributed by atoms with Crippen molar-refractivity contribution in [2.45, 2.75) is 65.1 Å². The number of halogens is 1. The molecule has 0 radical (unpaired) electrons. The third-order valence-corrected chi connectivity index (χ3v) is 8.22. The van der Waals surface area contributed by atoms with Gasteiger partial charge >= 0.3 is 5.97 Å². The average molecular weight is 549 g/mol. The SMILES string of the molecule is CCC(C)(C)[C@H](OC)c1cc(COc2cccc([C@H](CC(=O)OC)C3CC3)c2)ccc1-c1cc(OC)ccc1F. The largest absolute Gasteiger partial charge is 0.497 e. The summed E-state index contributed by atoms with van der Waals surface area (Å²) in [5.41, 5.74) is 4.01. The van der Waals surface area contributed by atoms with Gasteiger partial charge in [0.2, 0.25) is 0 Å². The molecule has 2 atom stereocenters. The molecule has 3 aromatic rings. The minimum absolute atomic E-state index is 0.137. The molecule has 0 spiro atoms. The van der Waals surface area contributed by atoms with Gasteiger partial charge in [-0.15, -0.1) is 0 Å². The lowest BCUT2D eigenvalue weighted by Crippen LogP contribution is -2.24. The molecule has 1 aliphatic rings. The molecule has 1 saturated carbocycles. The maximum absolute atomic E-state index is 15.1. The van der Waals surface area contributed by atoms with Crippen molar-refractivity contribution in [2.24, 2.45) is 11.3 Å². The summed E-state index contributed by atoms with van der Waals surface area (Å²) in [4.78, 5) is 12.0. The van der Waals surface area contributed by atoms with Gasteiger partial charge in [-0.05, 0) is 95.2 Å². The van der Waals surface area contributed by atoms with Crippen LogP contribution in [0.4, 0.5) is 4.39 Å². The van der Waals surface area contributed by atoms with Crippen LogP contribution in [-0.2, 0) is 20.9 Å². The normalized spacial score (nSPS) is 14.9. The molecular weight excluding hydrogens is 507 g/mol. The topological polar surface area (TPSA) is 54.0 Å². The molecule has 214 valence electrons. The number of hydrogen-bond acceptors (Lipinski definition) is 5. The Balaban J connectivity index is 1.64. The van der Waals surface area contributed by atoms with E-state index in [0.717, 1.165) is 47.3 Å². The fourth-order valence-corrected chi connectivity index (χ4v) is 5.37. The molecular formula is C34H41FO5. The Labute approximate surface area is 237 Å². The zero-order valence-corrected chi connectivity index (χ0v) is 24.5. The van der Waals surface area contributed by atoms with Gasteiger partial charge in [0.25, 0.3) is 0 Å². The standard InChI is InChI=1S/C34H41FO5/c1-7-34(2,3)33(39-6)30-17-22(11-15-27(30)29-19-25(37-4)14-16-31(29)35)21-40-26-10-8-9-24(18-26)28(23-12-13-23)20-32(36)38-5/h8-11,14-19,23,28,33H,7,12-13,20-21H2,1-6H3/t28-,33-/m1/s1. The van der Waals surface area contributed by atoms with Crippen LogP contribution < -0.4 is 9.47 Å². The van der Waals surface area contributed by atoms with Crippen LogP contribution in [0.3, 0.4) is 0 Å². The molecule has 0 heterocycles. The van der Waals surface area contributed by atoms with Gasteiger partial charge in [-0.2, -0.15) is 0 Å². The van der Waals surface area contributed by atoms with Crippen molar-refractivity contribution >= 4 is 5.97 Å². The highest BCUT2D eigenvalue weighted by Gasteiger charge is 2.34. The molecule has 0 amide bonds. The van der Waals surface area contributed by atoms with Gasteiger partial charge in [0, 0.05) is 12.7 Å². The zero-order chi connectivity index (χ0) is 28.9. The zero-order valence-electron chi connectivity index (χ0n) is 24.5. The number of methoxy groups -OCH3 is 3. The Morgan fingerprint density at radius 3 is 2.40 bits per heavy atom. The monoisotopic (exact) mass is 548 g/mol. The summed E-state index contributed by atoms with van der Waals surface area (Å²) in [6.07, 6.45) is 3.25. The maximum atomic E-state index is 15.1. The number of ether oxygens (including phenoxy) is 4. The van der Waals surface area contributed by atoms with Crippen molar-refractivity contribution in [3.8, 4) is 22.6 Å². The van der Waals surface area contributed by atoms with Crippen LogP contribution in [0.5, 0.6) is 11.5 Å². The molecule has 3 aromatic carbocycles. The van der Waals surface area contributed by atoms with Crippen molar-refractivity contribution < 1.29 is 28.1 Å². The maximum Gasteiger partial charge on any atom is 0.306 e. The molecule has 0 N–H and O–H groups in total. The van der Waals surface area contributed by atoms with Crippen molar-refractivity contribution in [3.63, 3.8) is 0 Å². The first kappa shape index (κ1) is 29.6. The predicted octanol–water partition coefficient (Wildman–Crippen LogP) is 8.26. The molecule has 40 heavy (non-hydrogen) atoms. The smallest absolute Gasteiger partial charge is 0.306 e. The van der Waals surface area contributed by atoms with Crippen molar-refractivity contribution in [3.05, 3.63) is 83.2 Å². The van der Waals surface area contributed by atoms with Gasteiger partial charge in [-0.3, -0.25) is 4.79 Å². The van der Waals surface area contributed by atoms with Crippen LogP contribution in [0.1, 0.15) is 75.2 Å². The van der Waals surface area contributed by atoms with E-state index in [-0.39, 0.29) is 29.2 Å². The highest BCUT2D eigenvalue weighted by molar-refractivity contribution is 5.71. The first-order chi connectivity index (χ1) is 19.2. The Morgan fingerprint density at radius 1 is 0.975 bits per heavy atom. The van der Waals surface area contributed by atoms with E-state index in [1.54, 1.807) is 26.4 Å². The number of carbonyl (C=O) groups is 1. The summed E-state index contributed by atoms with van der Waals surface area (Å²) < 4.78 is 37.7. The van der Waals surface area contributed by atoms with Gasteiger partial charge in [0.05, 0.1) is 26.7 Å². The Hall–Kier alpha value is -3.38. The average Bonchev–Trinajstić information content (AvgIpc) is 3.81. The van der Waals surface area contributed by atoms with Crippen molar-refractivity contribution in [1.29, 1.82) is 0 Å². The predicted molar refractivity (Wildman–Crippen MR) is 155 cm³/mol. The Morgan fingerprint density at radius 2 is 1.75 bits per heavy atom. The van der Waals surface area contributed by atoms with Gasteiger partial charge in [0.1, 0.15) is 23.9 Å². The Bertz CT molecular complexity index is 1310. The summed E-state index contributed by atoms with van der Waals surface area (Å²) in [5, 5.41) is 0. The van der Waals surface area contributed by atoms with Gasteiger partial charge < -0.3 is 18.9 Å². The van der Waals surface area contributed by atoms with E-state index in [2.05, 4.69) is 32.9 Å². The highest BCUT2D eigenvalue weighted by atomic mass is 19.1. The first-order valence-corrected chi connectivity index (χ1v) is 14.0. The lowest BCUT2D eigenvalue weighted by atomic mass is 9.77. The lowest BCUT2D eigenvalue weighted by molar-refractivity contribution is -0.141. The second-order valence-electron chi connectivity index (χ2n) is 11.3. The molecule has 4 rings (SSSR count). The molecule has 1 aliphatic carbocycles. The molecule has 0 aromatic heterocycles. The summed E-state index contributed by atoms with van der Waals surface area (Å²) in [5.74, 6) is 1.48. The summed E-state index contributed by atoms with van der Waals surface area (Å²) in [6, 6.07) is 18.8. The van der Waals surface area contributed by atoms with Crippen LogP contribution in [0, 0.1) is 17.2 Å². The molecule has 0 unspecified atom stereocenters. The van der Waals surface area contributed by atoms with Crippen molar-refractivity contribution in [1.82, 2.24) is 0 Å². The molecule has 0 bridgehead atoms. The number of hydrogen-bond donors (Lipinski definition) is 0. The molecule has 0 aliphatic heterocycles. The van der Waals surface area contributed by atoms with E-state index in [1.807, 2.05) is 30.3 Å². The minimum atomic E-state index is -0.316. The van der Waals surface area contributed by atoms with E-state index in [9.17, 15) is 4.79 Å². The highest BCUT2D eigenvalue weighted by Crippen LogP contribution is 2.46. The molecule has 1 fully saturated rings. The van der Waals surface area contributed by atoms with E-state index in [0.29, 0.717) is 30.3 Å². The van der Waals surface area contributed by atoms with E-state index < -0.39 is 0 Å². The second kappa shape index (κ2) is 12.9. The first-order valence-electron chi connectivity index (χ1n) is 14.0. The second-order valence-corrected chi connectivity index (χ2v) is 11.3. The van der Waals surface area contributed by atoms with Crippen LogP contribution in [0.25, 0.3) is 11.1 Å². The third-order valence-electron chi connectivity index (χ3n) is 8.22. The van der Waals surface area contributed by atoms with E-state index in [1.165, 1.54) is 13.2 Å². The summed E-state index contributed by atoms with van der Waals surface area (Å²) in [6.45, 7) is 6.79. The third kappa shape index (κ3) is 6.84. The van der Waals surface area contributed by atoms with Crippen LogP contribution >= 0.6 is 0 Å². The fourth-order valence-electron chi connectivity index (χ4n) is 5.37. The van der Waals surface area contributed by atoms with E-state index >= 15 is 4.39 Å². The van der Waals surface area contributed by atoms with Crippen LogP contribution in [0.2, 0.25) is 0 Å². The van der Waals surface area contributed by atoms with Crippen LogP contribution in [-0.4, -0.2) is 27.3 Å². The van der Waals surface area contributed by atoms with Gasteiger partial charge in [-0.1, -0.05) is 45.0 Å². The Kier molecular flexibility index (Phi) is 9.52. The van der Waals surface area contributed by atoms with Gasteiger partial charge in [-0.25, -0.2) is 4.39 Å². The lowest BCUT2D eigenvalue weighted by Gasteiger charge is -2.34. The molecule has 0 saturated heterocycles. The van der Waals surface area contributed by atoms with Crippen LogP contribution in [0.15, 0.2) is 60.7 Å². The molecule has 6 heteroatoms. The minimum Gasteiger partial charge on any atom is -0.497 e. The number of esters is 1. The van der Waals surface area contributed by atoms with Gasteiger partial charge in [0.15, 0.2) is 0 Å². The number of carbonyl (C=O) groups excluding carboxylic acids is 1. The van der Waals surface area contributed by atoms with Crippen molar-refractivity contribution in [2.75, 3.05) is 21.3 Å². The number of rotatable bonds is 13. The summed E-state index contributed by atoms with van der Waals surface area (Å²) >= 11 is 0. The number of benzene rings is 3. The van der Waals surface area contributed by atoms with E-state index in [4.69, 9.17) is 18.9 Å².